The van der Waals surface area contributed by atoms with Crippen LogP contribution < -0.4 is 0 Å². The van der Waals surface area contributed by atoms with Gasteiger partial charge in [0.1, 0.15) is 0 Å². The SMILES string of the molecule is CC(C)(C(=O)O)[C@@H](c1ccccc1)[C@H](c1ccccc1)C(C)(C)C(=O)O. The van der Waals surface area contributed by atoms with Gasteiger partial charge in [0.2, 0.25) is 0 Å². The van der Waals surface area contributed by atoms with E-state index < -0.39 is 34.6 Å². The first-order valence-electron chi connectivity index (χ1n) is 8.66. The molecular formula is C22H26O4. The molecule has 0 aliphatic carbocycles. The van der Waals surface area contributed by atoms with Crippen molar-refractivity contribution in [3.63, 3.8) is 0 Å². The van der Waals surface area contributed by atoms with Crippen LogP contribution in [0, 0.1) is 10.8 Å². The van der Waals surface area contributed by atoms with E-state index in [2.05, 4.69) is 0 Å². The van der Waals surface area contributed by atoms with Gasteiger partial charge in [-0.2, -0.15) is 0 Å². The highest BCUT2D eigenvalue weighted by Gasteiger charge is 2.50. The molecule has 2 N–H and O–H groups in total. The predicted molar refractivity (Wildman–Crippen MR) is 101 cm³/mol. The number of benzene rings is 2. The summed E-state index contributed by atoms with van der Waals surface area (Å²) in [6.07, 6.45) is 0. The molecular weight excluding hydrogens is 328 g/mol. The van der Waals surface area contributed by atoms with Crippen LogP contribution in [0.5, 0.6) is 0 Å². The zero-order valence-electron chi connectivity index (χ0n) is 15.6. The van der Waals surface area contributed by atoms with Crippen molar-refractivity contribution in [1.82, 2.24) is 0 Å². The molecule has 0 bridgehead atoms. The van der Waals surface area contributed by atoms with Gasteiger partial charge in [0.05, 0.1) is 10.8 Å². The summed E-state index contributed by atoms with van der Waals surface area (Å²) in [5, 5.41) is 19.9. The van der Waals surface area contributed by atoms with Gasteiger partial charge < -0.3 is 10.2 Å². The van der Waals surface area contributed by atoms with Crippen LogP contribution in [-0.4, -0.2) is 22.2 Å². The lowest BCUT2D eigenvalue weighted by Crippen LogP contribution is -2.42. The van der Waals surface area contributed by atoms with Gasteiger partial charge in [0.15, 0.2) is 0 Å². The molecule has 0 fully saturated rings. The van der Waals surface area contributed by atoms with Crippen LogP contribution in [0.15, 0.2) is 60.7 Å². The molecule has 0 spiro atoms. The molecule has 2 aromatic rings. The normalized spacial score (nSPS) is 14.5. The highest BCUT2D eigenvalue weighted by atomic mass is 16.4. The van der Waals surface area contributed by atoms with E-state index in [1.54, 1.807) is 27.7 Å². The van der Waals surface area contributed by atoms with Gasteiger partial charge in [-0.15, -0.1) is 0 Å². The monoisotopic (exact) mass is 354 g/mol. The second-order valence-electron chi connectivity index (χ2n) is 7.83. The van der Waals surface area contributed by atoms with Crippen molar-refractivity contribution in [2.45, 2.75) is 39.5 Å². The van der Waals surface area contributed by atoms with Crippen molar-refractivity contribution in [1.29, 1.82) is 0 Å². The molecule has 2 atom stereocenters. The molecule has 2 rings (SSSR count). The lowest BCUT2D eigenvalue weighted by Gasteiger charge is -2.43. The number of hydrogen-bond donors (Lipinski definition) is 2. The Balaban J connectivity index is 2.78. The van der Waals surface area contributed by atoms with Crippen molar-refractivity contribution in [3.8, 4) is 0 Å². The van der Waals surface area contributed by atoms with Gasteiger partial charge in [0.25, 0.3) is 0 Å². The molecule has 0 amide bonds. The molecule has 0 saturated carbocycles. The van der Waals surface area contributed by atoms with Crippen molar-refractivity contribution in [2.75, 3.05) is 0 Å². The summed E-state index contributed by atoms with van der Waals surface area (Å²) < 4.78 is 0. The van der Waals surface area contributed by atoms with Crippen LogP contribution in [0.2, 0.25) is 0 Å². The second kappa shape index (κ2) is 7.32. The van der Waals surface area contributed by atoms with E-state index in [0.717, 1.165) is 11.1 Å². The van der Waals surface area contributed by atoms with E-state index in [1.165, 1.54) is 0 Å². The van der Waals surface area contributed by atoms with Crippen molar-refractivity contribution < 1.29 is 19.8 Å². The number of carboxylic acids is 2. The zero-order valence-corrected chi connectivity index (χ0v) is 15.6. The maximum absolute atomic E-state index is 12.1. The average molecular weight is 354 g/mol. The summed E-state index contributed by atoms with van der Waals surface area (Å²) in [4.78, 5) is 24.2. The first-order valence-corrected chi connectivity index (χ1v) is 8.66. The largest absolute Gasteiger partial charge is 0.481 e. The van der Waals surface area contributed by atoms with Crippen LogP contribution in [0.1, 0.15) is 50.7 Å². The van der Waals surface area contributed by atoms with Crippen molar-refractivity contribution in [3.05, 3.63) is 71.8 Å². The van der Waals surface area contributed by atoms with E-state index >= 15 is 0 Å². The van der Waals surface area contributed by atoms with Crippen LogP contribution in [0.4, 0.5) is 0 Å². The Kier molecular flexibility index (Phi) is 5.55. The van der Waals surface area contributed by atoms with Gasteiger partial charge >= 0.3 is 11.9 Å². The molecule has 138 valence electrons. The van der Waals surface area contributed by atoms with Gasteiger partial charge in [-0.25, -0.2) is 0 Å². The molecule has 0 unspecified atom stereocenters. The summed E-state index contributed by atoms with van der Waals surface area (Å²) in [6.45, 7) is 6.67. The van der Waals surface area contributed by atoms with E-state index in [1.807, 2.05) is 60.7 Å². The minimum absolute atomic E-state index is 0.519. The zero-order chi connectivity index (χ0) is 19.5. The summed E-state index contributed by atoms with van der Waals surface area (Å²) in [5.74, 6) is -2.94. The van der Waals surface area contributed by atoms with Crippen LogP contribution >= 0.6 is 0 Å². The maximum atomic E-state index is 12.1. The van der Waals surface area contributed by atoms with E-state index in [9.17, 15) is 19.8 Å². The summed E-state index contributed by atoms with van der Waals surface area (Å²) in [7, 11) is 0. The number of carboxylic acid groups (broad SMARTS) is 2. The first kappa shape index (κ1) is 19.7. The Morgan fingerprint density at radius 3 is 1.15 bits per heavy atom. The van der Waals surface area contributed by atoms with E-state index in [0.29, 0.717) is 0 Å². The fourth-order valence-corrected chi connectivity index (χ4v) is 3.64. The van der Waals surface area contributed by atoms with E-state index in [-0.39, 0.29) is 0 Å². The maximum Gasteiger partial charge on any atom is 0.309 e. The van der Waals surface area contributed by atoms with Crippen LogP contribution in [0.3, 0.4) is 0 Å². The minimum Gasteiger partial charge on any atom is -0.481 e. The molecule has 0 heterocycles. The number of aliphatic carboxylic acids is 2. The number of hydrogen-bond acceptors (Lipinski definition) is 2. The molecule has 0 aliphatic rings. The molecule has 0 saturated heterocycles. The first-order chi connectivity index (χ1) is 12.1. The highest BCUT2D eigenvalue weighted by Crippen LogP contribution is 2.53. The van der Waals surface area contributed by atoms with Gasteiger partial charge in [-0.1, -0.05) is 60.7 Å². The smallest absolute Gasteiger partial charge is 0.309 e. The molecule has 26 heavy (non-hydrogen) atoms. The number of rotatable bonds is 7. The summed E-state index contributed by atoms with van der Waals surface area (Å²) in [5.41, 5.74) is -0.672. The Morgan fingerprint density at radius 1 is 0.654 bits per heavy atom. The molecule has 2 aromatic carbocycles. The van der Waals surface area contributed by atoms with Crippen molar-refractivity contribution >= 4 is 11.9 Å². The quantitative estimate of drug-likeness (QED) is 0.750. The summed E-state index contributed by atoms with van der Waals surface area (Å²) >= 11 is 0. The minimum atomic E-state index is -1.16. The lowest BCUT2D eigenvalue weighted by atomic mass is 9.58. The predicted octanol–water partition coefficient (Wildman–Crippen LogP) is 4.78. The van der Waals surface area contributed by atoms with Crippen LogP contribution in [-0.2, 0) is 9.59 Å². The van der Waals surface area contributed by atoms with E-state index in [4.69, 9.17) is 0 Å². The molecule has 0 radical (unpaired) electrons. The lowest BCUT2D eigenvalue weighted by molar-refractivity contribution is -0.154. The molecule has 0 aromatic heterocycles. The van der Waals surface area contributed by atoms with Gasteiger partial charge in [-0.05, 0) is 38.8 Å². The van der Waals surface area contributed by atoms with Crippen molar-refractivity contribution in [2.24, 2.45) is 10.8 Å². The standard InChI is InChI=1S/C22H26O4/c1-21(2,19(23)24)17(15-11-7-5-8-12-15)18(22(3,4)20(25)26)16-13-9-6-10-14-16/h5-14,17-18H,1-4H3,(H,23,24)(H,25,26)/t17-,18-/m0/s1. The fourth-order valence-electron chi connectivity index (χ4n) is 3.64. The molecule has 4 nitrogen and oxygen atoms in total. The average Bonchev–Trinajstić information content (AvgIpc) is 2.60. The fraction of sp³-hybridized carbons (Fsp3) is 0.364. The Labute approximate surface area is 154 Å². The third-order valence-corrected chi connectivity index (χ3v) is 5.31. The third kappa shape index (κ3) is 3.64. The second-order valence-corrected chi connectivity index (χ2v) is 7.83. The summed E-state index contributed by atoms with van der Waals surface area (Å²) in [6, 6.07) is 18.7. The van der Waals surface area contributed by atoms with Gasteiger partial charge in [0, 0.05) is 11.8 Å². The Hall–Kier alpha value is -2.62. The van der Waals surface area contributed by atoms with Crippen LogP contribution in [0.25, 0.3) is 0 Å². The number of carbonyl (C=O) groups is 2. The third-order valence-electron chi connectivity index (χ3n) is 5.31. The molecule has 0 aliphatic heterocycles. The topological polar surface area (TPSA) is 74.6 Å². The molecule has 4 heteroatoms. The van der Waals surface area contributed by atoms with Gasteiger partial charge in [-0.3, -0.25) is 9.59 Å². The Morgan fingerprint density at radius 2 is 0.923 bits per heavy atom. The Bertz CT molecular complexity index is 696. The highest BCUT2D eigenvalue weighted by molar-refractivity contribution is 5.78.